The minimum Gasteiger partial charge on any atom is -0.497 e. The maximum absolute atomic E-state index is 5.65. The lowest BCUT2D eigenvalue weighted by Crippen LogP contribution is -2.05. The first-order valence-corrected chi connectivity index (χ1v) is 5.43. The molecule has 2 nitrogen and oxygen atoms in total. The predicted molar refractivity (Wildman–Crippen MR) is 66.3 cm³/mol. The Morgan fingerprint density at radius 3 is 2.00 bits per heavy atom. The fourth-order valence-corrected chi connectivity index (χ4v) is 1.67. The van der Waals surface area contributed by atoms with Gasteiger partial charge in [-0.25, -0.2) is 0 Å². The van der Waals surface area contributed by atoms with Crippen molar-refractivity contribution in [1.82, 2.24) is 0 Å². The van der Waals surface area contributed by atoms with Gasteiger partial charge in [0.2, 0.25) is 0 Å². The van der Waals surface area contributed by atoms with Crippen LogP contribution in [0.2, 0.25) is 0 Å². The summed E-state index contributed by atoms with van der Waals surface area (Å²) in [5.41, 5.74) is 0. The lowest BCUT2D eigenvalue weighted by Gasteiger charge is -2.10. The van der Waals surface area contributed by atoms with E-state index in [1.54, 1.807) is 7.11 Å². The van der Waals surface area contributed by atoms with Gasteiger partial charge in [0.15, 0.2) is 0 Å². The summed E-state index contributed by atoms with van der Waals surface area (Å²) in [6, 6.07) is 12.1. The zero-order valence-electron chi connectivity index (χ0n) is 9.86. The summed E-state index contributed by atoms with van der Waals surface area (Å²) in [5.74, 6) is 1.79. The van der Waals surface area contributed by atoms with Crippen molar-refractivity contribution in [3.05, 3.63) is 36.4 Å². The fraction of sp³-hybridized carbons (Fsp3) is 0.286. The summed E-state index contributed by atoms with van der Waals surface area (Å²) in [7, 11) is 1.68. The van der Waals surface area contributed by atoms with Gasteiger partial charge < -0.3 is 9.47 Å². The Morgan fingerprint density at radius 1 is 0.875 bits per heavy atom. The molecule has 2 rings (SSSR count). The van der Waals surface area contributed by atoms with Gasteiger partial charge in [0.25, 0.3) is 0 Å². The molecule has 16 heavy (non-hydrogen) atoms. The van der Waals surface area contributed by atoms with Crippen LogP contribution in [0.15, 0.2) is 36.4 Å². The van der Waals surface area contributed by atoms with Gasteiger partial charge in [-0.1, -0.05) is 12.1 Å². The highest BCUT2D eigenvalue weighted by Gasteiger charge is 2.00. The number of fused-ring (bicyclic) bond motifs is 1. The third-order valence-corrected chi connectivity index (χ3v) is 2.39. The standard InChI is InChI=1S/C14H16O2/c1-10(2)16-14-7-5-11-8-13(15-3)6-4-12(11)9-14/h4-10H,1-3H3. The van der Waals surface area contributed by atoms with E-state index < -0.39 is 0 Å². The summed E-state index contributed by atoms with van der Waals surface area (Å²) in [5, 5.41) is 2.33. The van der Waals surface area contributed by atoms with Crippen molar-refractivity contribution in [1.29, 1.82) is 0 Å². The third-order valence-electron chi connectivity index (χ3n) is 2.39. The molecule has 0 spiro atoms. The molecule has 0 aliphatic carbocycles. The number of methoxy groups -OCH3 is 1. The summed E-state index contributed by atoms with van der Waals surface area (Å²) < 4.78 is 10.8. The topological polar surface area (TPSA) is 18.5 Å². The van der Waals surface area contributed by atoms with Crippen molar-refractivity contribution in [2.45, 2.75) is 20.0 Å². The van der Waals surface area contributed by atoms with E-state index in [1.807, 2.05) is 38.1 Å². The van der Waals surface area contributed by atoms with E-state index in [2.05, 4.69) is 12.1 Å². The molecule has 0 saturated carbocycles. The average Bonchev–Trinajstić information content (AvgIpc) is 2.27. The second-order valence-electron chi connectivity index (χ2n) is 4.04. The molecule has 0 bridgehead atoms. The van der Waals surface area contributed by atoms with Gasteiger partial charge in [-0.05, 0) is 48.9 Å². The second-order valence-corrected chi connectivity index (χ2v) is 4.04. The summed E-state index contributed by atoms with van der Waals surface area (Å²) in [4.78, 5) is 0. The summed E-state index contributed by atoms with van der Waals surface area (Å²) in [6.45, 7) is 4.05. The maximum Gasteiger partial charge on any atom is 0.120 e. The fourth-order valence-electron chi connectivity index (χ4n) is 1.67. The van der Waals surface area contributed by atoms with Crippen LogP contribution in [0.1, 0.15) is 13.8 Å². The Kier molecular flexibility index (Phi) is 3.00. The number of hydrogen-bond donors (Lipinski definition) is 0. The molecule has 0 N–H and O–H groups in total. The van der Waals surface area contributed by atoms with Crippen molar-refractivity contribution in [2.75, 3.05) is 7.11 Å². The molecule has 0 fully saturated rings. The monoisotopic (exact) mass is 216 g/mol. The van der Waals surface area contributed by atoms with Crippen LogP contribution in [0.25, 0.3) is 10.8 Å². The van der Waals surface area contributed by atoms with Crippen LogP contribution < -0.4 is 9.47 Å². The average molecular weight is 216 g/mol. The third kappa shape index (κ3) is 2.27. The number of rotatable bonds is 3. The van der Waals surface area contributed by atoms with Crippen molar-refractivity contribution < 1.29 is 9.47 Å². The van der Waals surface area contributed by atoms with E-state index in [9.17, 15) is 0 Å². The zero-order chi connectivity index (χ0) is 11.5. The number of ether oxygens (including phenoxy) is 2. The zero-order valence-corrected chi connectivity index (χ0v) is 9.86. The molecule has 0 aliphatic rings. The summed E-state index contributed by atoms with van der Waals surface area (Å²) in [6.07, 6.45) is 0.204. The Balaban J connectivity index is 2.39. The van der Waals surface area contributed by atoms with Gasteiger partial charge in [0, 0.05) is 0 Å². The number of benzene rings is 2. The quantitative estimate of drug-likeness (QED) is 0.780. The van der Waals surface area contributed by atoms with Crippen molar-refractivity contribution in [3.8, 4) is 11.5 Å². The van der Waals surface area contributed by atoms with Crippen molar-refractivity contribution in [2.24, 2.45) is 0 Å². The SMILES string of the molecule is COc1ccc2cc(OC(C)C)ccc2c1. The van der Waals surface area contributed by atoms with Crippen molar-refractivity contribution in [3.63, 3.8) is 0 Å². The first-order chi connectivity index (χ1) is 7.69. The first-order valence-electron chi connectivity index (χ1n) is 5.43. The van der Waals surface area contributed by atoms with Gasteiger partial charge in [0.05, 0.1) is 13.2 Å². The highest BCUT2D eigenvalue weighted by molar-refractivity contribution is 5.85. The van der Waals surface area contributed by atoms with Crippen molar-refractivity contribution >= 4 is 10.8 Å². The van der Waals surface area contributed by atoms with Crippen LogP contribution in [0, 0.1) is 0 Å². The first kappa shape index (κ1) is 10.8. The number of hydrogen-bond acceptors (Lipinski definition) is 2. The molecular formula is C14H16O2. The van der Waals surface area contributed by atoms with Crippen LogP contribution in [-0.4, -0.2) is 13.2 Å². The second kappa shape index (κ2) is 4.44. The summed E-state index contributed by atoms with van der Waals surface area (Å²) >= 11 is 0. The largest absolute Gasteiger partial charge is 0.497 e. The molecule has 0 aliphatic heterocycles. The van der Waals surface area contributed by atoms with Crippen LogP contribution in [0.4, 0.5) is 0 Å². The molecule has 0 heterocycles. The lowest BCUT2D eigenvalue weighted by atomic mass is 10.1. The van der Waals surface area contributed by atoms with Gasteiger partial charge in [0.1, 0.15) is 11.5 Å². The van der Waals surface area contributed by atoms with Crippen LogP contribution in [0.3, 0.4) is 0 Å². The molecular weight excluding hydrogens is 200 g/mol. The molecule has 0 saturated heterocycles. The van der Waals surface area contributed by atoms with Crippen LogP contribution >= 0.6 is 0 Å². The van der Waals surface area contributed by atoms with Gasteiger partial charge in [-0.2, -0.15) is 0 Å². The molecule has 0 aromatic heterocycles. The highest BCUT2D eigenvalue weighted by Crippen LogP contribution is 2.25. The molecule has 2 aromatic carbocycles. The predicted octanol–water partition coefficient (Wildman–Crippen LogP) is 3.64. The molecule has 2 heteroatoms. The molecule has 2 aromatic rings. The Hall–Kier alpha value is -1.70. The molecule has 0 atom stereocenters. The van der Waals surface area contributed by atoms with E-state index in [1.165, 1.54) is 5.39 Å². The smallest absolute Gasteiger partial charge is 0.120 e. The minimum absolute atomic E-state index is 0.204. The van der Waals surface area contributed by atoms with E-state index >= 15 is 0 Å². The highest BCUT2D eigenvalue weighted by atomic mass is 16.5. The minimum atomic E-state index is 0.204. The molecule has 0 amide bonds. The molecule has 0 radical (unpaired) electrons. The lowest BCUT2D eigenvalue weighted by molar-refractivity contribution is 0.243. The Labute approximate surface area is 95.8 Å². The molecule has 84 valence electrons. The van der Waals surface area contributed by atoms with Gasteiger partial charge in [-0.15, -0.1) is 0 Å². The van der Waals surface area contributed by atoms with E-state index in [0.29, 0.717) is 0 Å². The normalized spacial score (nSPS) is 10.8. The van der Waals surface area contributed by atoms with E-state index in [-0.39, 0.29) is 6.10 Å². The Morgan fingerprint density at radius 2 is 1.44 bits per heavy atom. The van der Waals surface area contributed by atoms with E-state index in [0.717, 1.165) is 16.9 Å². The van der Waals surface area contributed by atoms with Gasteiger partial charge >= 0.3 is 0 Å². The van der Waals surface area contributed by atoms with E-state index in [4.69, 9.17) is 9.47 Å². The Bertz CT molecular complexity index is 489. The van der Waals surface area contributed by atoms with Crippen LogP contribution in [-0.2, 0) is 0 Å². The van der Waals surface area contributed by atoms with Gasteiger partial charge in [-0.3, -0.25) is 0 Å². The maximum atomic E-state index is 5.65. The molecule has 0 unspecified atom stereocenters. The van der Waals surface area contributed by atoms with Crippen LogP contribution in [0.5, 0.6) is 11.5 Å².